The number of aromatic nitrogens is 1. The molecule has 4 nitrogen and oxygen atoms in total. The van der Waals surface area contributed by atoms with E-state index in [0.29, 0.717) is 6.54 Å². The zero-order valence-corrected chi connectivity index (χ0v) is 9.56. The van der Waals surface area contributed by atoms with Crippen molar-refractivity contribution in [3.63, 3.8) is 0 Å². The van der Waals surface area contributed by atoms with Gasteiger partial charge in [-0.2, -0.15) is 0 Å². The van der Waals surface area contributed by atoms with E-state index in [2.05, 4.69) is 4.57 Å². The van der Waals surface area contributed by atoms with E-state index in [9.17, 15) is 0 Å². The van der Waals surface area contributed by atoms with Gasteiger partial charge in [-0.15, -0.1) is 0 Å². The number of rotatable bonds is 4. The molecule has 0 fully saturated rings. The highest BCUT2D eigenvalue weighted by Crippen LogP contribution is 2.31. The van der Waals surface area contributed by atoms with Gasteiger partial charge in [0, 0.05) is 36.8 Å². The van der Waals surface area contributed by atoms with Crippen LogP contribution in [0, 0.1) is 0 Å². The minimum atomic E-state index is 0.614. The summed E-state index contributed by atoms with van der Waals surface area (Å²) in [6.07, 6.45) is 2.01. The van der Waals surface area contributed by atoms with Crippen molar-refractivity contribution in [1.82, 2.24) is 4.57 Å². The Morgan fingerprint density at radius 2 is 2.06 bits per heavy atom. The van der Waals surface area contributed by atoms with E-state index in [-0.39, 0.29) is 0 Å². The van der Waals surface area contributed by atoms with Gasteiger partial charge >= 0.3 is 0 Å². The van der Waals surface area contributed by atoms with Crippen molar-refractivity contribution in [2.24, 2.45) is 5.73 Å². The van der Waals surface area contributed by atoms with Crippen LogP contribution in [0.3, 0.4) is 0 Å². The van der Waals surface area contributed by atoms with Crippen LogP contribution >= 0.6 is 0 Å². The van der Waals surface area contributed by atoms with Crippen LogP contribution in [0.2, 0.25) is 0 Å². The standard InChI is InChI=1S/C12H16N2O2/c1-15-9-7-11-10(12(8-9)16-2)3-5-14(11)6-4-13/h3,5,7-8H,4,6,13H2,1-2H3. The van der Waals surface area contributed by atoms with Gasteiger partial charge < -0.3 is 19.8 Å². The lowest BCUT2D eigenvalue weighted by Crippen LogP contribution is -2.08. The Morgan fingerprint density at radius 3 is 2.69 bits per heavy atom. The minimum Gasteiger partial charge on any atom is -0.497 e. The van der Waals surface area contributed by atoms with Gasteiger partial charge in [-0.05, 0) is 6.07 Å². The average Bonchev–Trinajstić information content (AvgIpc) is 2.72. The second kappa shape index (κ2) is 4.45. The smallest absolute Gasteiger partial charge is 0.131 e. The maximum atomic E-state index is 5.57. The molecule has 1 aromatic carbocycles. The van der Waals surface area contributed by atoms with E-state index in [4.69, 9.17) is 15.2 Å². The minimum absolute atomic E-state index is 0.614. The molecule has 2 aromatic rings. The van der Waals surface area contributed by atoms with Crippen molar-refractivity contribution >= 4 is 10.9 Å². The number of hydrogen-bond acceptors (Lipinski definition) is 3. The molecule has 1 heterocycles. The van der Waals surface area contributed by atoms with Crippen molar-refractivity contribution in [3.05, 3.63) is 24.4 Å². The molecule has 16 heavy (non-hydrogen) atoms. The monoisotopic (exact) mass is 220 g/mol. The molecule has 0 unspecified atom stereocenters. The molecule has 4 heteroatoms. The number of ether oxygens (including phenoxy) is 2. The largest absolute Gasteiger partial charge is 0.497 e. The second-order valence-electron chi connectivity index (χ2n) is 3.56. The molecule has 0 saturated carbocycles. The summed E-state index contributed by atoms with van der Waals surface area (Å²) in [5.41, 5.74) is 6.65. The molecule has 0 aliphatic heterocycles. The highest BCUT2D eigenvalue weighted by Gasteiger charge is 2.08. The number of nitrogens with two attached hydrogens (primary N) is 1. The van der Waals surface area contributed by atoms with Crippen LogP contribution in [0.5, 0.6) is 11.5 Å². The van der Waals surface area contributed by atoms with Gasteiger partial charge in [0.25, 0.3) is 0 Å². The second-order valence-corrected chi connectivity index (χ2v) is 3.56. The first kappa shape index (κ1) is 10.8. The zero-order valence-electron chi connectivity index (χ0n) is 9.56. The first-order chi connectivity index (χ1) is 7.80. The third-order valence-corrected chi connectivity index (χ3v) is 2.65. The lowest BCUT2D eigenvalue weighted by molar-refractivity contribution is 0.397. The molecule has 0 amide bonds. The highest BCUT2D eigenvalue weighted by atomic mass is 16.5. The first-order valence-corrected chi connectivity index (χ1v) is 5.21. The Bertz CT molecular complexity index is 491. The summed E-state index contributed by atoms with van der Waals surface area (Å²) >= 11 is 0. The fourth-order valence-electron chi connectivity index (χ4n) is 1.86. The molecule has 2 N–H and O–H groups in total. The summed E-state index contributed by atoms with van der Waals surface area (Å²) in [7, 11) is 3.31. The third-order valence-electron chi connectivity index (χ3n) is 2.65. The third kappa shape index (κ3) is 1.72. The summed E-state index contributed by atoms with van der Waals surface area (Å²) < 4.78 is 12.7. The normalized spacial score (nSPS) is 10.7. The van der Waals surface area contributed by atoms with Gasteiger partial charge in [-0.1, -0.05) is 0 Å². The number of hydrogen-bond donors (Lipinski definition) is 1. The van der Waals surface area contributed by atoms with Crippen LogP contribution in [0.1, 0.15) is 0 Å². The van der Waals surface area contributed by atoms with Gasteiger partial charge in [0.2, 0.25) is 0 Å². The Balaban J connectivity index is 2.62. The Hall–Kier alpha value is -1.68. The molecule has 86 valence electrons. The molecule has 0 aliphatic carbocycles. The number of fused-ring (bicyclic) bond motifs is 1. The molecule has 0 saturated heterocycles. The Kier molecular flexibility index (Phi) is 3.01. The Morgan fingerprint density at radius 1 is 1.25 bits per heavy atom. The molecule has 0 aliphatic rings. The van der Waals surface area contributed by atoms with E-state index in [1.54, 1.807) is 14.2 Å². The van der Waals surface area contributed by atoms with E-state index < -0.39 is 0 Å². The van der Waals surface area contributed by atoms with Crippen LogP contribution in [0.4, 0.5) is 0 Å². The van der Waals surface area contributed by atoms with E-state index in [1.807, 2.05) is 24.4 Å². The SMILES string of the molecule is COc1cc(OC)c2ccn(CCN)c2c1. The molecular formula is C12H16N2O2. The topological polar surface area (TPSA) is 49.4 Å². The van der Waals surface area contributed by atoms with Crippen molar-refractivity contribution < 1.29 is 9.47 Å². The summed E-state index contributed by atoms with van der Waals surface area (Å²) in [6.45, 7) is 1.41. The molecule has 0 bridgehead atoms. The number of methoxy groups -OCH3 is 2. The summed E-state index contributed by atoms with van der Waals surface area (Å²) in [6, 6.07) is 5.91. The van der Waals surface area contributed by atoms with Crippen molar-refractivity contribution in [2.45, 2.75) is 6.54 Å². The molecule has 2 rings (SSSR count). The summed E-state index contributed by atoms with van der Waals surface area (Å²) in [5, 5.41) is 1.08. The Labute approximate surface area is 94.6 Å². The van der Waals surface area contributed by atoms with Crippen molar-refractivity contribution in [3.8, 4) is 11.5 Å². The predicted molar refractivity (Wildman–Crippen MR) is 64.1 cm³/mol. The fourth-order valence-corrected chi connectivity index (χ4v) is 1.86. The molecule has 0 radical (unpaired) electrons. The number of nitrogens with zero attached hydrogens (tertiary/aromatic N) is 1. The van der Waals surface area contributed by atoms with Gasteiger partial charge in [0.1, 0.15) is 11.5 Å². The van der Waals surface area contributed by atoms with Crippen molar-refractivity contribution in [2.75, 3.05) is 20.8 Å². The van der Waals surface area contributed by atoms with Crippen LogP contribution < -0.4 is 15.2 Å². The highest BCUT2D eigenvalue weighted by molar-refractivity contribution is 5.88. The van der Waals surface area contributed by atoms with Gasteiger partial charge in [0.05, 0.1) is 19.7 Å². The average molecular weight is 220 g/mol. The van der Waals surface area contributed by atoms with Crippen molar-refractivity contribution in [1.29, 1.82) is 0 Å². The lowest BCUT2D eigenvalue weighted by atomic mass is 10.2. The zero-order chi connectivity index (χ0) is 11.5. The van der Waals surface area contributed by atoms with E-state index in [1.165, 1.54) is 0 Å². The van der Waals surface area contributed by atoms with Crippen LogP contribution in [0.25, 0.3) is 10.9 Å². The summed E-state index contributed by atoms with van der Waals surface area (Å²) in [5.74, 6) is 1.62. The van der Waals surface area contributed by atoms with Gasteiger partial charge in [-0.25, -0.2) is 0 Å². The van der Waals surface area contributed by atoms with E-state index in [0.717, 1.165) is 28.9 Å². The maximum Gasteiger partial charge on any atom is 0.131 e. The van der Waals surface area contributed by atoms with Crippen LogP contribution in [-0.4, -0.2) is 25.3 Å². The van der Waals surface area contributed by atoms with E-state index >= 15 is 0 Å². The molecular weight excluding hydrogens is 204 g/mol. The first-order valence-electron chi connectivity index (χ1n) is 5.21. The number of benzene rings is 1. The van der Waals surface area contributed by atoms with Gasteiger partial charge in [0.15, 0.2) is 0 Å². The predicted octanol–water partition coefficient (Wildman–Crippen LogP) is 1.62. The molecule has 1 aromatic heterocycles. The fraction of sp³-hybridized carbons (Fsp3) is 0.333. The molecule has 0 atom stereocenters. The van der Waals surface area contributed by atoms with Crippen LogP contribution in [-0.2, 0) is 6.54 Å². The quantitative estimate of drug-likeness (QED) is 0.851. The lowest BCUT2D eigenvalue weighted by Gasteiger charge is -2.08. The summed E-state index contributed by atoms with van der Waals surface area (Å²) in [4.78, 5) is 0. The van der Waals surface area contributed by atoms with Crippen LogP contribution in [0.15, 0.2) is 24.4 Å². The van der Waals surface area contributed by atoms with Gasteiger partial charge in [-0.3, -0.25) is 0 Å². The maximum absolute atomic E-state index is 5.57. The molecule has 0 spiro atoms.